The molecule has 0 radical (unpaired) electrons. The van der Waals surface area contributed by atoms with Crippen LogP contribution in [-0.4, -0.2) is 5.91 Å². The van der Waals surface area contributed by atoms with Crippen LogP contribution in [0.3, 0.4) is 0 Å². The van der Waals surface area contributed by atoms with Crippen molar-refractivity contribution in [2.75, 3.05) is 0 Å². The van der Waals surface area contributed by atoms with E-state index < -0.39 is 0 Å². The SMILES string of the molecule is O=C(/C=C\c1ccccc1)NCc1ccco1. The molecule has 0 bridgehead atoms. The second kappa shape index (κ2) is 5.70. The molecule has 1 heterocycles. The maximum Gasteiger partial charge on any atom is 0.244 e. The van der Waals surface area contributed by atoms with E-state index >= 15 is 0 Å². The molecule has 0 atom stereocenters. The lowest BCUT2D eigenvalue weighted by molar-refractivity contribution is -0.116. The Kier molecular flexibility index (Phi) is 3.76. The van der Waals surface area contributed by atoms with Gasteiger partial charge in [0.05, 0.1) is 12.8 Å². The van der Waals surface area contributed by atoms with Crippen LogP contribution in [0.25, 0.3) is 6.08 Å². The van der Waals surface area contributed by atoms with Crippen molar-refractivity contribution in [1.29, 1.82) is 0 Å². The highest BCUT2D eigenvalue weighted by Gasteiger charge is 1.97. The number of amides is 1. The Morgan fingerprint density at radius 1 is 1.18 bits per heavy atom. The van der Waals surface area contributed by atoms with Crippen molar-refractivity contribution in [3.05, 3.63) is 66.1 Å². The molecule has 1 aromatic heterocycles. The number of rotatable bonds is 4. The Hall–Kier alpha value is -2.29. The average Bonchev–Trinajstić information content (AvgIpc) is 2.88. The number of carbonyl (C=O) groups is 1. The van der Waals surface area contributed by atoms with Gasteiger partial charge in [-0.25, -0.2) is 0 Å². The molecule has 17 heavy (non-hydrogen) atoms. The molecular formula is C14H13NO2. The number of hydrogen-bond acceptors (Lipinski definition) is 2. The summed E-state index contributed by atoms with van der Waals surface area (Å²) in [6, 6.07) is 13.3. The van der Waals surface area contributed by atoms with E-state index in [-0.39, 0.29) is 5.91 Å². The molecule has 2 aromatic rings. The Balaban J connectivity index is 1.83. The third-order valence-electron chi connectivity index (χ3n) is 2.24. The van der Waals surface area contributed by atoms with Gasteiger partial charge in [0.1, 0.15) is 5.76 Å². The van der Waals surface area contributed by atoms with E-state index in [1.165, 1.54) is 6.08 Å². The van der Waals surface area contributed by atoms with Gasteiger partial charge in [-0.3, -0.25) is 4.79 Å². The first-order chi connectivity index (χ1) is 8.34. The maximum absolute atomic E-state index is 11.5. The fourth-order valence-corrected chi connectivity index (χ4v) is 1.38. The van der Waals surface area contributed by atoms with E-state index in [1.807, 2.05) is 36.4 Å². The Bertz CT molecular complexity index is 486. The summed E-state index contributed by atoms with van der Waals surface area (Å²) >= 11 is 0. The first-order valence-electron chi connectivity index (χ1n) is 5.38. The molecule has 1 aromatic carbocycles. The smallest absolute Gasteiger partial charge is 0.244 e. The largest absolute Gasteiger partial charge is 0.467 e. The Labute approximate surface area is 99.8 Å². The van der Waals surface area contributed by atoms with E-state index in [1.54, 1.807) is 18.4 Å². The molecule has 0 saturated heterocycles. The number of carbonyl (C=O) groups excluding carboxylic acids is 1. The van der Waals surface area contributed by atoms with Gasteiger partial charge in [-0.05, 0) is 23.8 Å². The van der Waals surface area contributed by atoms with Gasteiger partial charge in [0.15, 0.2) is 0 Å². The number of benzene rings is 1. The van der Waals surface area contributed by atoms with Crippen LogP contribution in [0.1, 0.15) is 11.3 Å². The van der Waals surface area contributed by atoms with Gasteiger partial charge in [0.2, 0.25) is 5.91 Å². The van der Waals surface area contributed by atoms with Crippen molar-refractivity contribution in [2.45, 2.75) is 6.54 Å². The highest BCUT2D eigenvalue weighted by atomic mass is 16.3. The Morgan fingerprint density at radius 3 is 2.71 bits per heavy atom. The van der Waals surface area contributed by atoms with Crippen molar-refractivity contribution in [2.24, 2.45) is 0 Å². The topological polar surface area (TPSA) is 42.2 Å². The van der Waals surface area contributed by atoms with Gasteiger partial charge in [-0.1, -0.05) is 30.3 Å². The van der Waals surface area contributed by atoms with Gasteiger partial charge >= 0.3 is 0 Å². The number of nitrogens with one attached hydrogen (secondary N) is 1. The van der Waals surface area contributed by atoms with Gasteiger partial charge in [-0.15, -0.1) is 0 Å². The summed E-state index contributed by atoms with van der Waals surface area (Å²) < 4.78 is 5.11. The van der Waals surface area contributed by atoms with E-state index in [0.717, 1.165) is 11.3 Å². The van der Waals surface area contributed by atoms with Crippen molar-refractivity contribution < 1.29 is 9.21 Å². The molecule has 3 heteroatoms. The monoisotopic (exact) mass is 227 g/mol. The molecule has 0 saturated carbocycles. The zero-order valence-electron chi connectivity index (χ0n) is 9.30. The maximum atomic E-state index is 11.5. The van der Waals surface area contributed by atoms with Crippen LogP contribution in [0, 0.1) is 0 Å². The minimum atomic E-state index is -0.134. The second-order valence-corrected chi connectivity index (χ2v) is 3.54. The zero-order chi connectivity index (χ0) is 11.9. The van der Waals surface area contributed by atoms with Crippen LogP contribution >= 0.6 is 0 Å². The molecule has 1 amide bonds. The molecule has 0 spiro atoms. The molecule has 0 fully saturated rings. The summed E-state index contributed by atoms with van der Waals surface area (Å²) in [5.41, 5.74) is 1.00. The van der Waals surface area contributed by atoms with Crippen molar-refractivity contribution >= 4 is 12.0 Å². The molecule has 0 aliphatic heterocycles. The van der Waals surface area contributed by atoms with Crippen molar-refractivity contribution in [1.82, 2.24) is 5.32 Å². The summed E-state index contributed by atoms with van der Waals surface area (Å²) in [4.78, 5) is 11.5. The standard InChI is InChI=1S/C14H13NO2/c16-14(15-11-13-7-4-10-17-13)9-8-12-5-2-1-3-6-12/h1-10H,11H2,(H,15,16)/b9-8-. The molecule has 3 nitrogen and oxygen atoms in total. The molecule has 86 valence electrons. The van der Waals surface area contributed by atoms with Crippen LogP contribution in [-0.2, 0) is 11.3 Å². The lowest BCUT2D eigenvalue weighted by Crippen LogP contribution is -2.19. The molecule has 2 rings (SSSR count). The predicted molar refractivity (Wildman–Crippen MR) is 66.0 cm³/mol. The summed E-state index contributed by atoms with van der Waals surface area (Å²) in [5, 5.41) is 2.74. The number of hydrogen-bond donors (Lipinski definition) is 1. The fourth-order valence-electron chi connectivity index (χ4n) is 1.38. The molecule has 0 unspecified atom stereocenters. The van der Waals surface area contributed by atoms with Gasteiger partial charge in [0.25, 0.3) is 0 Å². The highest BCUT2D eigenvalue weighted by molar-refractivity contribution is 5.91. The normalized spacial score (nSPS) is 10.6. The second-order valence-electron chi connectivity index (χ2n) is 3.54. The van der Waals surface area contributed by atoms with E-state index in [2.05, 4.69) is 5.32 Å². The van der Waals surface area contributed by atoms with Crippen molar-refractivity contribution in [3.63, 3.8) is 0 Å². The molecule has 1 N–H and O–H groups in total. The van der Waals surface area contributed by atoms with E-state index in [4.69, 9.17) is 4.42 Å². The quantitative estimate of drug-likeness (QED) is 0.816. The van der Waals surface area contributed by atoms with Gasteiger partial charge in [0, 0.05) is 6.08 Å². The lowest BCUT2D eigenvalue weighted by Gasteiger charge is -1.98. The third kappa shape index (κ3) is 3.65. The number of furan rings is 1. The van der Waals surface area contributed by atoms with Gasteiger partial charge < -0.3 is 9.73 Å². The first kappa shape index (κ1) is 11.2. The Morgan fingerprint density at radius 2 is 2.00 bits per heavy atom. The van der Waals surface area contributed by atoms with Crippen LogP contribution in [0.2, 0.25) is 0 Å². The van der Waals surface area contributed by atoms with E-state index in [0.29, 0.717) is 6.54 Å². The van der Waals surface area contributed by atoms with Crippen LogP contribution in [0.4, 0.5) is 0 Å². The minimum Gasteiger partial charge on any atom is -0.467 e. The minimum absolute atomic E-state index is 0.134. The summed E-state index contributed by atoms with van der Waals surface area (Å²) in [6.45, 7) is 0.408. The highest BCUT2D eigenvalue weighted by Crippen LogP contribution is 2.01. The zero-order valence-corrected chi connectivity index (χ0v) is 9.30. The van der Waals surface area contributed by atoms with E-state index in [9.17, 15) is 4.79 Å². The third-order valence-corrected chi connectivity index (χ3v) is 2.24. The van der Waals surface area contributed by atoms with Crippen LogP contribution in [0.5, 0.6) is 0 Å². The summed E-state index contributed by atoms with van der Waals surface area (Å²) in [5.74, 6) is 0.608. The first-order valence-corrected chi connectivity index (χ1v) is 5.38. The molecular weight excluding hydrogens is 214 g/mol. The van der Waals surface area contributed by atoms with Gasteiger partial charge in [-0.2, -0.15) is 0 Å². The average molecular weight is 227 g/mol. The lowest BCUT2D eigenvalue weighted by atomic mass is 10.2. The van der Waals surface area contributed by atoms with Crippen molar-refractivity contribution in [3.8, 4) is 0 Å². The van der Waals surface area contributed by atoms with Crippen LogP contribution < -0.4 is 5.32 Å². The predicted octanol–water partition coefficient (Wildman–Crippen LogP) is 2.61. The summed E-state index contributed by atoms with van der Waals surface area (Å²) in [6.07, 6.45) is 4.87. The van der Waals surface area contributed by atoms with Crippen LogP contribution in [0.15, 0.2) is 59.2 Å². The fraction of sp³-hybridized carbons (Fsp3) is 0.0714. The summed E-state index contributed by atoms with van der Waals surface area (Å²) in [7, 11) is 0. The molecule has 0 aliphatic carbocycles. The molecule has 0 aliphatic rings.